The lowest BCUT2D eigenvalue weighted by Crippen LogP contribution is -2.59. The first-order chi connectivity index (χ1) is 15.0. The Morgan fingerprint density at radius 1 is 0.968 bits per heavy atom. The van der Waals surface area contributed by atoms with Crippen molar-refractivity contribution in [2.75, 3.05) is 59.2 Å². The lowest BCUT2D eigenvalue weighted by Gasteiger charge is -2.48. The molecule has 2 heterocycles. The number of ether oxygens (including phenoxy) is 2. The number of nitrogens with zero attached hydrogens (tertiary/aromatic N) is 2. The number of sulfonamides is 1. The Bertz CT molecular complexity index is 858. The molecule has 3 fully saturated rings. The lowest BCUT2D eigenvalue weighted by molar-refractivity contribution is -0.0361. The largest absolute Gasteiger partial charge is 0.379 e. The molecule has 1 aromatic rings. The minimum atomic E-state index is -3.63. The van der Waals surface area contributed by atoms with E-state index in [0.29, 0.717) is 38.4 Å². The van der Waals surface area contributed by atoms with Crippen LogP contribution in [-0.4, -0.2) is 88.2 Å². The zero-order valence-electron chi connectivity index (χ0n) is 18.1. The molecule has 0 unspecified atom stereocenters. The molecule has 1 amide bonds. The van der Waals surface area contributed by atoms with Crippen LogP contribution in [0.15, 0.2) is 29.2 Å². The van der Waals surface area contributed by atoms with Crippen LogP contribution in [-0.2, 0) is 19.5 Å². The van der Waals surface area contributed by atoms with Crippen molar-refractivity contribution in [2.45, 2.75) is 42.5 Å². The number of carbonyl (C=O) groups is 1. The van der Waals surface area contributed by atoms with E-state index in [9.17, 15) is 13.2 Å². The number of rotatable bonds is 6. The molecule has 8 nitrogen and oxygen atoms in total. The summed E-state index contributed by atoms with van der Waals surface area (Å²) in [4.78, 5) is 15.6. The number of hydrogen-bond donors (Lipinski definition) is 1. The summed E-state index contributed by atoms with van der Waals surface area (Å²) in [7, 11) is -3.63. The van der Waals surface area contributed by atoms with Crippen LogP contribution in [0.2, 0.25) is 0 Å². The normalized spacial score (nSPS) is 23.4. The number of amides is 1. The van der Waals surface area contributed by atoms with Gasteiger partial charge in [-0.1, -0.05) is 25.3 Å². The van der Waals surface area contributed by atoms with E-state index in [-0.39, 0.29) is 16.3 Å². The van der Waals surface area contributed by atoms with Gasteiger partial charge in [-0.25, -0.2) is 8.42 Å². The number of hydrogen-bond acceptors (Lipinski definition) is 6. The van der Waals surface area contributed by atoms with Gasteiger partial charge < -0.3 is 14.8 Å². The molecule has 9 heteroatoms. The number of benzene rings is 1. The molecule has 0 bridgehead atoms. The summed E-state index contributed by atoms with van der Waals surface area (Å²) in [5.74, 6) is -0.225. The molecule has 0 radical (unpaired) electrons. The molecule has 2 aliphatic heterocycles. The number of morpholine rings is 2. The summed E-state index contributed by atoms with van der Waals surface area (Å²) in [6, 6.07) is 6.36. The van der Waals surface area contributed by atoms with Gasteiger partial charge in [0.25, 0.3) is 5.91 Å². The second-order valence-corrected chi connectivity index (χ2v) is 10.5. The Balaban J connectivity index is 1.46. The average Bonchev–Trinajstić information content (AvgIpc) is 2.84. The molecule has 3 aliphatic rings. The Labute approximate surface area is 184 Å². The molecule has 1 aliphatic carbocycles. The van der Waals surface area contributed by atoms with Crippen molar-refractivity contribution < 1.29 is 22.7 Å². The predicted molar refractivity (Wildman–Crippen MR) is 117 cm³/mol. The first-order valence-corrected chi connectivity index (χ1v) is 12.7. The van der Waals surface area contributed by atoms with E-state index in [1.807, 2.05) is 0 Å². The molecular formula is C22H33N3O5S. The lowest BCUT2D eigenvalue weighted by atomic mass is 9.79. The standard InChI is InChI=1S/C22H33N3O5S/c26-21(23-18-22(7-2-1-3-8-22)24-9-13-29-14-10-24)19-5-4-6-20(17-19)31(27,28)25-11-15-30-16-12-25/h4-6,17H,1-3,7-16,18H2,(H,23,26). The third-order valence-corrected chi connectivity index (χ3v) is 8.64. The molecule has 0 spiro atoms. The van der Waals surface area contributed by atoms with Gasteiger partial charge >= 0.3 is 0 Å². The fourth-order valence-electron chi connectivity index (χ4n) is 4.93. The second kappa shape index (κ2) is 9.95. The van der Waals surface area contributed by atoms with Crippen LogP contribution in [0, 0.1) is 0 Å². The van der Waals surface area contributed by atoms with Crippen LogP contribution < -0.4 is 5.32 Å². The SMILES string of the molecule is O=C(NCC1(N2CCOCC2)CCCCC1)c1cccc(S(=O)(=O)N2CCOCC2)c1. The molecule has 31 heavy (non-hydrogen) atoms. The molecule has 4 rings (SSSR count). The third-order valence-electron chi connectivity index (χ3n) is 6.75. The van der Waals surface area contributed by atoms with Crippen molar-refractivity contribution in [2.24, 2.45) is 0 Å². The van der Waals surface area contributed by atoms with E-state index < -0.39 is 10.0 Å². The number of carbonyl (C=O) groups excluding carboxylic acids is 1. The van der Waals surface area contributed by atoms with Gasteiger partial charge in [-0.2, -0.15) is 4.31 Å². The molecular weight excluding hydrogens is 418 g/mol. The van der Waals surface area contributed by atoms with Crippen molar-refractivity contribution >= 4 is 15.9 Å². The van der Waals surface area contributed by atoms with Gasteiger partial charge in [0.05, 0.1) is 31.3 Å². The second-order valence-electron chi connectivity index (χ2n) is 8.61. The fourth-order valence-corrected chi connectivity index (χ4v) is 6.39. The van der Waals surface area contributed by atoms with Gasteiger partial charge in [0, 0.05) is 43.8 Å². The monoisotopic (exact) mass is 451 g/mol. The molecule has 172 valence electrons. The van der Waals surface area contributed by atoms with Crippen molar-refractivity contribution in [3.63, 3.8) is 0 Å². The van der Waals surface area contributed by atoms with Crippen molar-refractivity contribution in [1.29, 1.82) is 0 Å². The smallest absolute Gasteiger partial charge is 0.251 e. The molecule has 1 aromatic carbocycles. The van der Waals surface area contributed by atoms with E-state index >= 15 is 0 Å². The van der Waals surface area contributed by atoms with Crippen LogP contribution in [0.4, 0.5) is 0 Å². The highest BCUT2D eigenvalue weighted by Crippen LogP contribution is 2.34. The van der Waals surface area contributed by atoms with Gasteiger partial charge in [0.2, 0.25) is 10.0 Å². The Hall–Kier alpha value is -1.52. The number of nitrogens with one attached hydrogen (secondary N) is 1. The highest BCUT2D eigenvalue weighted by molar-refractivity contribution is 7.89. The summed E-state index contributed by atoms with van der Waals surface area (Å²) in [5, 5.41) is 3.12. The van der Waals surface area contributed by atoms with Crippen LogP contribution in [0.25, 0.3) is 0 Å². The molecule has 0 atom stereocenters. The Morgan fingerprint density at radius 3 is 2.29 bits per heavy atom. The summed E-state index contributed by atoms with van der Waals surface area (Å²) in [5.41, 5.74) is 0.345. The topological polar surface area (TPSA) is 88.2 Å². The zero-order chi connectivity index (χ0) is 21.7. The third kappa shape index (κ3) is 5.12. The van der Waals surface area contributed by atoms with Gasteiger partial charge in [-0.15, -0.1) is 0 Å². The Morgan fingerprint density at radius 2 is 1.61 bits per heavy atom. The van der Waals surface area contributed by atoms with E-state index in [2.05, 4.69) is 10.2 Å². The van der Waals surface area contributed by atoms with Crippen LogP contribution in [0.3, 0.4) is 0 Å². The van der Waals surface area contributed by atoms with Crippen LogP contribution >= 0.6 is 0 Å². The summed E-state index contributed by atoms with van der Waals surface area (Å²) in [6.07, 6.45) is 5.71. The molecule has 1 saturated carbocycles. The van der Waals surface area contributed by atoms with Gasteiger partial charge in [-0.05, 0) is 31.0 Å². The highest BCUT2D eigenvalue weighted by atomic mass is 32.2. The highest BCUT2D eigenvalue weighted by Gasteiger charge is 2.39. The Kier molecular flexibility index (Phi) is 7.28. The summed E-state index contributed by atoms with van der Waals surface area (Å²) in [6.45, 7) is 5.28. The van der Waals surface area contributed by atoms with Gasteiger partial charge in [-0.3, -0.25) is 9.69 Å². The molecule has 1 N–H and O–H groups in total. The fraction of sp³-hybridized carbons (Fsp3) is 0.682. The van der Waals surface area contributed by atoms with E-state index in [4.69, 9.17) is 9.47 Å². The summed E-state index contributed by atoms with van der Waals surface area (Å²) >= 11 is 0. The van der Waals surface area contributed by atoms with Crippen molar-refractivity contribution in [3.8, 4) is 0 Å². The first-order valence-electron chi connectivity index (χ1n) is 11.3. The van der Waals surface area contributed by atoms with Gasteiger partial charge in [0.15, 0.2) is 0 Å². The maximum Gasteiger partial charge on any atom is 0.251 e. The molecule has 0 aromatic heterocycles. The minimum Gasteiger partial charge on any atom is -0.379 e. The minimum absolute atomic E-state index is 0.0326. The quantitative estimate of drug-likeness (QED) is 0.705. The maximum absolute atomic E-state index is 13.0. The van der Waals surface area contributed by atoms with Crippen molar-refractivity contribution in [1.82, 2.24) is 14.5 Å². The van der Waals surface area contributed by atoms with E-state index in [0.717, 1.165) is 39.1 Å². The zero-order valence-corrected chi connectivity index (χ0v) is 18.9. The van der Waals surface area contributed by atoms with Crippen LogP contribution in [0.5, 0.6) is 0 Å². The predicted octanol–water partition coefficient (Wildman–Crippen LogP) is 1.47. The van der Waals surface area contributed by atoms with E-state index in [1.54, 1.807) is 18.2 Å². The van der Waals surface area contributed by atoms with Crippen molar-refractivity contribution in [3.05, 3.63) is 29.8 Å². The first kappa shape index (κ1) is 22.7. The maximum atomic E-state index is 13.0. The molecule has 2 saturated heterocycles. The van der Waals surface area contributed by atoms with Gasteiger partial charge in [0.1, 0.15) is 0 Å². The van der Waals surface area contributed by atoms with Crippen LogP contribution in [0.1, 0.15) is 42.5 Å². The summed E-state index contributed by atoms with van der Waals surface area (Å²) < 4.78 is 38.1. The average molecular weight is 452 g/mol. The van der Waals surface area contributed by atoms with E-state index in [1.165, 1.54) is 29.6 Å².